The van der Waals surface area contributed by atoms with Crippen LogP contribution in [0.5, 0.6) is 5.75 Å². The molecule has 3 rings (SSSR count). The Kier molecular flexibility index (Phi) is 6.87. The molecule has 0 aliphatic heterocycles. The van der Waals surface area contributed by atoms with Gasteiger partial charge >= 0.3 is 0 Å². The minimum Gasteiger partial charge on any atom is -0.484 e. The van der Waals surface area contributed by atoms with E-state index in [-0.39, 0.29) is 17.4 Å². The number of carbonyl (C=O) groups is 1. The van der Waals surface area contributed by atoms with Crippen molar-refractivity contribution in [2.24, 2.45) is 0 Å². The van der Waals surface area contributed by atoms with Gasteiger partial charge in [-0.15, -0.1) is 0 Å². The summed E-state index contributed by atoms with van der Waals surface area (Å²) in [5.74, 6) is -0.0135. The summed E-state index contributed by atoms with van der Waals surface area (Å²) in [7, 11) is -3.79. The normalized spacial score (nSPS) is 11.0. The van der Waals surface area contributed by atoms with Crippen LogP contribution in [-0.4, -0.2) is 20.9 Å². The van der Waals surface area contributed by atoms with Crippen molar-refractivity contribution in [1.82, 2.24) is 0 Å². The maximum atomic E-state index is 12.5. The van der Waals surface area contributed by atoms with Crippen LogP contribution in [0.2, 0.25) is 10.0 Å². The second kappa shape index (κ2) is 9.38. The van der Waals surface area contributed by atoms with Crippen LogP contribution < -0.4 is 14.8 Å². The van der Waals surface area contributed by atoms with Crippen molar-refractivity contribution in [2.75, 3.05) is 16.6 Å². The van der Waals surface area contributed by atoms with E-state index in [0.29, 0.717) is 27.2 Å². The van der Waals surface area contributed by atoms with Crippen molar-refractivity contribution in [1.29, 1.82) is 0 Å². The number of amides is 1. The second-order valence-electron chi connectivity index (χ2n) is 6.39. The van der Waals surface area contributed by atoms with Crippen LogP contribution in [0.3, 0.4) is 0 Å². The topological polar surface area (TPSA) is 84.5 Å². The highest BCUT2D eigenvalue weighted by Gasteiger charge is 2.15. The summed E-state index contributed by atoms with van der Waals surface area (Å²) in [6.45, 7) is 1.59. The highest BCUT2D eigenvalue weighted by molar-refractivity contribution is 7.92. The summed E-state index contributed by atoms with van der Waals surface area (Å²) in [6, 6.07) is 17.4. The van der Waals surface area contributed by atoms with E-state index in [0.717, 1.165) is 5.56 Å². The number of anilines is 2. The van der Waals surface area contributed by atoms with Crippen LogP contribution in [0.4, 0.5) is 11.4 Å². The Balaban J connectivity index is 1.59. The largest absolute Gasteiger partial charge is 0.484 e. The van der Waals surface area contributed by atoms with E-state index in [1.54, 1.807) is 42.5 Å². The lowest BCUT2D eigenvalue weighted by molar-refractivity contribution is -0.118. The molecule has 0 heterocycles. The van der Waals surface area contributed by atoms with Gasteiger partial charge in [0.25, 0.3) is 15.9 Å². The molecule has 156 valence electrons. The maximum absolute atomic E-state index is 12.5. The number of benzene rings is 3. The van der Waals surface area contributed by atoms with Crippen molar-refractivity contribution in [3.63, 3.8) is 0 Å². The summed E-state index contributed by atoms with van der Waals surface area (Å²) in [4.78, 5) is 12.0. The van der Waals surface area contributed by atoms with Gasteiger partial charge in [-0.3, -0.25) is 9.52 Å². The first-order valence-electron chi connectivity index (χ1n) is 8.80. The average molecular weight is 465 g/mol. The molecule has 9 heteroatoms. The van der Waals surface area contributed by atoms with Crippen molar-refractivity contribution in [2.45, 2.75) is 11.8 Å². The minimum atomic E-state index is -3.79. The number of hydrogen-bond acceptors (Lipinski definition) is 4. The average Bonchev–Trinajstić information content (AvgIpc) is 2.69. The van der Waals surface area contributed by atoms with Gasteiger partial charge in [0.1, 0.15) is 5.75 Å². The quantitative estimate of drug-likeness (QED) is 0.507. The van der Waals surface area contributed by atoms with Gasteiger partial charge in [0.15, 0.2) is 6.61 Å². The van der Waals surface area contributed by atoms with Crippen LogP contribution in [0.15, 0.2) is 71.6 Å². The highest BCUT2D eigenvalue weighted by Crippen LogP contribution is 2.23. The summed E-state index contributed by atoms with van der Waals surface area (Å²) < 4.78 is 33.0. The molecule has 6 nitrogen and oxygen atoms in total. The van der Waals surface area contributed by atoms with Gasteiger partial charge in [0, 0.05) is 15.7 Å². The van der Waals surface area contributed by atoms with E-state index in [4.69, 9.17) is 27.9 Å². The third-order valence-electron chi connectivity index (χ3n) is 4.04. The van der Waals surface area contributed by atoms with Gasteiger partial charge in [0.2, 0.25) is 0 Å². The molecule has 0 unspecified atom stereocenters. The summed E-state index contributed by atoms with van der Waals surface area (Å²) in [5.41, 5.74) is 1.77. The first-order chi connectivity index (χ1) is 14.2. The van der Waals surface area contributed by atoms with Crippen LogP contribution in [0.25, 0.3) is 0 Å². The molecule has 0 fully saturated rings. The van der Waals surface area contributed by atoms with E-state index in [1.165, 1.54) is 24.3 Å². The van der Waals surface area contributed by atoms with E-state index >= 15 is 0 Å². The lowest BCUT2D eigenvalue weighted by atomic mass is 10.2. The van der Waals surface area contributed by atoms with E-state index in [2.05, 4.69) is 10.0 Å². The number of hydrogen-bond donors (Lipinski definition) is 2. The molecule has 3 aromatic carbocycles. The molecule has 1 amide bonds. The number of rotatable bonds is 7. The second-order valence-corrected chi connectivity index (χ2v) is 8.91. The Morgan fingerprint density at radius 1 is 0.967 bits per heavy atom. The predicted molar refractivity (Wildman–Crippen MR) is 119 cm³/mol. The SMILES string of the molecule is Cc1ccc(NS(=O)(=O)c2ccc(OCC(=O)Nc3cccc(Cl)c3)cc2)cc1Cl. The third kappa shape index (κ3) is 5.89. The molecule has 0 bridgehead atoms. The zero-order valence-corrected chi connectivity index (χ0v) is 18.2. The molecule has 2 N–H and O–H groups in total. The fourth-order valence-corrected chi connectivity index (χ4v) is 3.92. The Bertz CT molecular complexity index is 1170. The number of ether oxygens (including phenoxy) is 1. The van der Waals surface area contributed by atoms with Crippen molar-refractivity contribution < 1.29 is 17.9 Å². The summed E-state index contributed by atoms with van der Waals surface area (Å²) >= 11 is 11.9. The summed E-state index contributed by atoms with van der Waals surface area (Å²) in [6.07, 6.45) is 0. The van der Waals surface area contributed by atoms with Crippen LogP contribution >= 0.6 is 23.2 Å². The predicted octanol–water partition coefficient (Wildman–Crippen LogP) is 5.12. The lowest BCUT2D eigenvalue weighted by Gasteiger charge is -2.11. The van der Waals surface area contributed by atoms with Crippen molar-refractivity contribution in [3.05, 3.63) is 82.3 Å². The Hall–Kier alpha value is -2.74. The molecular formula is C21H18Cl2N2O4S. The fraction of sp³-hybridized carbons (Fsp3) is 0.0952. The minimum absolute atomic E-state index is 0.0509. The first-order valence-corrected chi connectivity index (χ1v) is 11.0. The molecule has 0 aliphatic carbocycles. The number of nitrogens with one attached hydrogen (secondary N) is 2. The van der Waals surface area contributed by atoms with Gasteiger partial charge < -0.3 is 10.1 Å². The van der Waals surface area contributed by atoms with Crippen LogP contribution in [0.1, 0.15) is 5.56 Å². The zero-order valence-electron chi connectivity index (χ0n) is 15.9. The van der Waals surface area contributed by atoms with E-state index in [9.17, 15) is 13.2 Å². The van der Waals surface area contributed by atoms with Crippen molar-refractivity contribution in [3.8, 4) is 5.75 Å². The van der Waals surface area contributed by atoms with Crippen LogP contribution in [0, 0.1) is 6.92 Å². The van der Waals surface area contributed by atoms with Crippen LogP contribution in [-0.2, 0) is 14.8 Å². The van der Waals surface area contributed by atoms with Gasteiger partial charge in [-0.05, 0) is 67.1 Å². The van der Waals surface area contributed by atoms with Gasteiger partial charge in [-0.2, -0.15) is 0 Å². The third-order valence-corrected chi connectivity index (χ3v) is 6.08. The Labute approximate surface area is 184 Å². The molecular weight excluding hydrogens is 447 g/mol. The number of carbonyl (C=O) groups excluding carboxylic acids is 1. The van der Waals surface area contributed by atoms with E-state index < -0.39 is 10.0 Å². The molecule has 0 aromatic heterocycles. The van der Waals surface area contributed by atoms with E-state index in [1.807, 2.05) is 6.92 Å². The highest BCUT2D eigenvalue weighted by atomic mass is 35.5. The molecule has 30 heavy (non-hydrogen) atoms. The molecule has 0 atom stereocenters. The molecule has 0 saturated heterocycles. The first kappa shape index (κ1) is 22.0. The smallest absolute Gasteiger partial charge is 0.262 e. The Morgan fingerprint density at radius 2 is 1.70 bits per heavy atom. The monoisotopic (exact) mass is 464 g/mol. The maximum Gasteiger partial charge on any atom is 0.262 e. The number of aryl methyl sites for hydroxylation is 1. The van der Waals surface area contributed by atoms with Crippen molar-refractivity contribution >= 4 is 50.5 Å². The molecule has 0 radical (unpaired) electrons. The summed E-state index contributed by atoms with van der Waals surface area (Å²) in [5, 5.41) is 3.63. The zero-order chi connectivity index (χ0) is 21.7. The fourth-order valence-electron chi connectivity index (χ4n) is 2.50. The Morgan fingerprint density at radius 3 is 2.37 bits per heavy atom. The van der Waals surface area contributed by atoms with Gasteiger partial charge in [0.05, 0.1) is 10.6 Å². The molecule has 0 aliphatic rings. The standard InChI is InChI=1S/C21H18Cl2N2O4S/c1-14-5-6-17(12-20(14)23)25-30(27,28)19-9-7-18(8-10-19)29-13-21(26)24-16-4-2-3-15(22)11-16/h2-12,25H,13H2,1H3,(H,24,26). The number of sulfonamides is 1. The molecule has 3 aromatic rings. The van der Waals surface area contributed by atoms with Gasteiger partial charge in [-0.25, -0.2) is 8.42 Å². The number of halogens is 2. The lowest BCUT2D eigenvalue weighted by Crippen LogP contribution is -2.20. The molecule has 0 saturated carbocycles. The van der Waals surface area contributed by atoms with Gasteiger partial charge in [-0.1, -0.05) is 35.3 Å². The molecule has 0 spiro atoms.